The van der Waals surface area contributed by atoms with Gasteiger partial charge < -0.3 is 11.1 Å². The number of anilines is 2. The van der Waals surface area contributed by atoms with Crippen molar-refractivity contribution in [2.24, 2.45) is 7.05 Å². The summed E-state index contributed by atoms with van der Waals surface area (Å²) in [7, 11) is 1.91. The smallest absolute Gasteiger partial charge is 0.151 e. The van der Waals surface area contributed by atoms with Crippen molar-refractivity contribution in [1.29, 1.82) is 0 Å². The Bertz CT molecular complexity index is 535. The molecule has 0 saturated carbocycles. The first-order valence-corrected chi connectivity index (χ1v) is 5.59. The summed E-state index contributed by atoms with van der Waals surface area (Å²) in [5, 5.41) is 7.74. The molecule has 0 atom stereocenters. The molecule has 0 fully saturated rings. The van der Waals surface area contributed by atoms with Crippen molar-refractivity contribution in [1.82, 2.24) is 14.8 Å². The van der Waals surface area contributed by atoms with Gasteiger partial charge in [0.1, 0.15) is 5.15 Å². The van der Waals surface area contributed by atoms with E-state index in [-0.39, 0.29) is 0 Å². The number of aromatic nitrogens is 3. The molecule has 0 bridgehead atoms. The molecule has 0 saturated heterocycles. The predicted molar refractivity (Wildman–Crippen MR) is 68.9 cm³/mol. The highest BCUT2D eigenvalue weighted by Gasteiger charge is 2.05. The summed E-state index contributed by atoms with van der Waals surface area (Å²) in [6.07, 6.45) is 1.82. The standard InChI is InChI=1S/C11H14ClN5/c1-7-8(6-15-17(7)2)5-14-11-9(13)3-4-10(12)16-11/h3-4,6H,5,13H2,1-2H3,(H,14,16). The van der Waals surface area contributed by atoms with E-state index in [4.69, 9.17) is 17.3 Å². The molecule has 0 aliphatic carbocycles. The van der Waals surface area contributed by atoms with Crippen molar-refractivity contribution in [3.8, 4) is 0 Å². The zero-order valence-corrected chi connectivity index (χ0v) is 10.5. The molecule has 2 aromatic heterocycles. The van der Waals surface area contributed by atoms with Gasteiger partial charge in [-0.15, -0.1) is 0 Å². The monoisotopic (exact) mass is 251 g/mol. The van der Waals surface area contributed by atoms with Gasteiger partial charge in [-0.25, -0.2) is 4.98 Å². The Balaban J connectivity index is 2.12. The summed E-state index contributed by atoms with van der Waals surface area (Å²) in [5.74, 6) is 0.598. The van der Waals surface area contributed by atoms with E-state index in [1.807, 2.05) is 24.9 Å². The maximum atomic E-state index is 5.81. The number of rotatable bonds is 3. The average Bonchev–Trinajstić information content (AvgIpc) is 2.62. The van der Waals surface area contributed by atoms with E-state index in [2.05, 4.69) is 15.4 Å². The number of nitrogens with zero attached hydrogens (tertiary/aromatic N) is 3. The van der Waals surface area contributed by atoms with Crippen molar-refractivity contribution >= 4 is 23.1 Å². The fraction of sp³-hybridized carbons (Fsp3) is 0.273. The van der Waals surface area contributed by atoms with Gasteiger partial charge in [0, 0.05) is 24.8 Å². The number of nitrogens with two attached hydrogens (primary N) is 1. The van der Waals surface area contributed by atoms with Crippen molar-refractivity contribution < 1.29 is 0 Å². The van der Waals surface area contributed by atoms with Crippen LogP contribution in [0.4, 0.5) is 11.5 Å². The van der Waals surface area contributed by atoms with Gasteiger partial charge in [-0.2, -0.15) is 5.10 Å². The first-order chi connectivity index (χ1) is 8.08. The highest BCUT2D eigenvalue weighted by atomic mass is 35.5. The topological polar surface area (TPSA) is 68.8 Å². The second-order valence-corrected chi connectivity index (χ2v) is 4.19. The molecule has 0 spiro atoms. The van der Waals surface area contributed by atoms with E-state index in [1.54, 1.807) is 12.1 Å². The van der Waals surface area contributed by atoms with Crippen LogP contribution < -0.4 is 11.1 Å². The van der Waals surface area contributed by atoms with E-state index in [9.17, 15) is 0 Å². The minimum atomic E-state index is 0.421. The first kappa shape index (κ1) is 11.7. The lowest BCUT2D eigenvalue weighted by Crippen LogP contribution is -2.05. The lowest BCUT2D eigenvalue weighted by atomic mass is 10.2. The van der Waals surface area contributed by atoms with Crippen LogP contribution in [0, 0.1) is 6.92 Å². The number of hydrogen-bond acceptors (Lipinski definition) is 4. The molecule has 5 nitrogen and oxygen atoms in total. The molecule has 0 aliphatic heterocycles. The average molecular weight is 252 g/mol. The van der Waals surface area contributed by atoms with Gasteiger partial charge >= 0.3 is 0 Å². The second kappa shape index (κ2) is 4.63. The molecule has 2 rings (SSSR count). The molecule has 3 N–H and O–H groups in total. The van der Waals surface area contributed by atoms with Crippen LogP contribution in [0.1, 0.15) is 11.3 Å². The highest BCUT2D eigenvalue weighted by molar-refractivity contribution is 6.29. The third-order valence-electron chi connectivity index (χ3n) is 2.68. The van der Waals surface area contributed by atoms with E-state index >= 15 is 0 Å². The van der Waals surface area contributed by atoms with Gasteiger partial charge in [0.25, 0.3) is 0 Å². The molecule has 2 heterocycles. The summed E-state index contributed by atoms with van der Waals surface area (Å²) < 4.78 is 1.83. The number of nitrogen functional groups attached to an aromatic ring is 1. The predicted octanol–water partition coefficient (Wildman–Crippen LogP) is 1.97. The Morgan fingerprint density at radius 3 is 2.88 bits per heavy atom. The molecule has 90 valence electrons. The van der Waals surface area contributed by atoms with E-state index in [0.717, 1.165) is 11.3 Å². The Morgan fingerprint density at radius 2 is 2.24 bits per heavy atom. The molecule has 0 aliphatic rings. The molecule has 0 amide bonds. The van der Waals surface area contributed by atoms with Crippen molar-refractivity contribution in [3.63, 3.8) is 0 Å². The van der Waals surface area contributed by atoms with Gasteiger partial charge in [0.15, 0.2) is 5.82 Å². The summed E-state index contributed by atoms with van der Waals surface area (Å²) in [6, 6.07) is 3.39. The summed E-state index contributed by atoms with van der Waals surface area (Å²) in [4.78, 5) is 4.13. The molecule has 0 aromatic carbocycles. The normalized spacial score (nSPS) is 10.5. The van der Waals surface area contributed by atoms with Crippen LogP contribution in [0.3, 0.4) is 0 Å². The molecular formula is C11H14ClN5. The van der Waals surface area contributed by atoms with Crippen molar-refractivity contribution in [3.05, 3.63) is 34.7 Å². The highest BCUT2D eigenvalue weighted by Crippen LogP contribution is 2.19. The number of nitrogens with one attached hydrogen (secondary N) is 1. The number of halogens is 1. The van der Waals surface area contributed by atoms with Crippen LogP contribution in [0.5, 0.6) is 0 Å². The molecule has 0 unspecified atom stereocenters. The Labute approximate surface area is 105 Å². The number of hydrogen-bond donors (Lipinski definition) is 2. The van der Waals surface area contributed by atoms with Crippen LogP contribution in [-0.4, -0.2) is 14.8 Å². The Hall–Kier alpha value is -1.75. The van der Waals surface area contributed by atoms with Gasteiger partial charge in [-0.3, -0.25) is 4.68 Å². The zero-order valence-electron chi connectivity index (χ0n) is 9.74. The fourth-order valence-corrected chi connectivity index (χ4v) is 1.63. The van der Waals surface area contributed by atoms with Crippen LogP contribution in [0.15, 0.2) is 18.3 Å². The molecule has 0 radical (unpaired) electrons. The van der Waals surface area contributed by atoms with E-state index in [0.29, 0.717) is 23.2 Å². The molecule has 2 aromatic rings. The quantitative estimate of drug-likeness (QED) is 0.819. The molecule has 6 heteroatoms. The number of pyridine rings is 1. The Kier molecular flexibility index (Phi) is 3.19. The second-order valence-electron chi connectivity index (χ2n) is 3.80. The third-order valence-corrected chi connectivity index (χ3v) is 2.89. The number of aryl methyl sites for hydroxylation is 1. The van der Waals surface area contributed by atoms with Crippen LogP contribution in [-0.2, 0) is 13.6 Å². The van der Waals surface area contributed by atoms with Crippen molar-refractivity contribution in [2.45, 2.75) is 13.5 Å². The zero-order chi connectivity index (χ0) is 12.4. The van der Waals surface area contributed by atoms with Gasteiger partial charge in [-0.05, 0) is 19.1 Å². The fourth-order valence-electron chi connectivity index (χ4n) is 1.48. The summed E-state index contributed by atoms with van der Waals surface area (Å²) in [5.41, 5.74) is 8.59. The maximum absolute atomic E-state index is 5.81. The summed E-state index contributed by atoms with van der Waals surface area (Å²) >= 11 is 5.81. The SMILES string of the molecule is Cc1c(CNc2nc(Cl)ccc2N)cnn1C. The van der Waals surface area contributed by atoms with E-state index < -0.39 is 0 Å². The van der Waals surface area contributed by atoms with Crippen LogP contribution in [0.25, 0.3) is 0 Å². The lowest BCUT2D eigenvalue weighted by molar-refractivity contribution is 0.738. The minimum Gasteiger partial charge on any atom is -0.396 e. The van der Waals surface area contributed by atoms with Gasteiger partial charge in [-0.1, -0.05) is 11.6 Å². The largest absolute Gasteiger partial charge is 0.396 e. The Morgan fingerprint density at radius 1 is 1.47 bits per heavy atom. The van der Waals surface area contributed by atoms with Crippen LogP contribution >= 0.6 is 11.6 Å². The summed E-state index contributed by atoms with van der Waals surface area (Å²) in [6.45, 7) is 2.63. The third kappa shape index (κ3) is 2.50. The first-order valence-electron chi connectivity index (χ1n) is 5.21. The maximum Gasteiger partial charge on any atom is 0.151 e. The molecule has 17 heavy (non-hydrogen) atoms. The molecular weight excluding hydrogens is 238 g/mol. The van der Waals surface area contributed by atoms with Crippen molar-refractivity contribution in [2.75, 3.05) is 11.1 Å². The lowest BCUT2D eigenvalue weighted by Gasteiger charge is -2.08. The van der Waals surface area contributed by atoms with Gasteiger partial charge in [0.2, 0.25) is 0 Å². The minimum absolute atomic E-state index is 0.421. The van der Waals surface area contributed by atoms with Gasteiger partial charge in [0.05, 0.1) is 11.9 Å². The van der Waals surface area contributed by atoms with Crippen LogP contribution in [0.2, 0.25) is 5.15 Å². The van der Waals surface area contributed by atoms with E-state index in [1.165, 1.54) is 0 Å².